The smallest absolute Gasteiger partial charge is 0.257 e. The topological polar surface area (TPSA) is 55.6 Å². The molecule has 0 spiro atoms. The summed E-state index contributed by atoms with van der Waals surface area (Å²) >= 11 is 0. The maximum absolute atomic E-state index is 13.4. The maximum atomic E-state index is 13.4. The SMILES string of the molecule is COc1ccc(F)cc1C(=O)N1CCC[C@@H]([C@H](C)N)C1. The third-order valence-corrected chi connectivity index (χ3v) is 3.88. The van der Waals surface area contributed by atoms with E-state index in [1.54, 1.807) is 4.90 Å². The van der Waals surface area contributed by atoms with Crippen LogP contribution < -0.4 is 10.5 Å². The van der Waals surface area contributed by atoms with E-state index >= 15 is 0 Å². The van der Waals surface area contributed by atoms with E-state index < -0.39 is 5.82 Å². The van der Waals surface area contributed by atoms with E-state index in [1.807, 2.05) is 6.92 Å². The Balaban J connectivity index is 2.20. The fourth-order valence-electron chi connectivity index (χ4n) is 2.64. The van der Waals surface area contributed by atoms with Gasteiger partial charge in [0.15, 0.2) is 0 Å². The van der Waals surface area contributed by atoms with Crippen LogP contribution in [0.2, 0.25) is 0 Å². The number of nitrogens with two attached hydrogens (primary N) is 1. The van der Waals surface area contributed by atoms with Gasteiger partial charge in [-0.3, -0.25) is 4.79 Å². The first-order valence-electron chi connectivity index (χ1n) is 6.91. The van der Waals surface area contributed by atoms with Gasteiger partial charge in [-0.2, -0.15) is 0 Å². The molecule has 1 aromatic rings. The molecule has 0 bridgehead atoms. The van der Waals surface area contributed by atoms with E-state index in [0.29, 0.717) is 24.8 Å². The number of piperidine rings is 1. The first-order chi connectivity index (χ1) is 9.52. The zero-order valence-corrected chi connectivity index (χ0v) is 11.9. The molecule has 110 valence electrons. The van der Waals surface area contributed by atoms with Gasteiger partial charge >= 0.3 is 0 Å². The van der Waals surface area contributed by atoms with Crippen LogP contribution in [0.4, 0.5) is 4.39 Å². The molecule has 1 aliphatic heterocycles. The molecular formula is C15H21FN2O2. The minimum Gasteiger partial charge on any atom is -0.496 e. The van der Waals surface area contributed by atoms with Crippen LogP contribution in [0.25, 0.3) is 0 Å². The van der Waals surface area contributed by atoms with Gasteiger partial charge in [0.05, 0.1) is 12.7 Å². The summed E-state index contributed by atoms with van der Waals surface area (Å²) in [6, 6.07) is 4.06. The van der Waals surface area contributed by atoms with Crippen LogP contribution in [0.5, 0.6) is 5.75 Å². The Morgan fingerprint density at radius 1 is 1.55 bits per heavy atom. The van der Waals surface area contributed by atoms with Gasteiger partial charge in [-0.05, 0) is 43.9 Å². The zero-order valence-electron chi connectivity index (χ0n) is 11.9. The standard InChI is InChI=1S/C15H21FN2O2/c1-10(17)11-4-3-7-18(9-11)15(19)13-8-12(16)5-6-14(13)20-2/h5-6,8,10-11H,3-4,7,9,17H2,1-2H3/t10-,11+/m0/s1. The number of hydrogen-bond donors (Lipinski definition) is 1. The van der Waals surface area contributed by atoms with Crippen molar-refractivity contribution in [2.45, 2.75) is 25.8 Å². The summed E-state index contributed by atoms with van der Waals surface area (Å²) in [6.45, 7) is 3.26. The highest BCUT2D eigenvalue weighted by atomic mass is 19.1. The first-order valence-corrected chi connectivity index (χ1v) is 6.91. The second-order valence-electron chi connectivity index (χ2n) is 5.36. The number of carbonyl (C=O) groups is 1. The maximum Gasteiger partial charge on any atom is 0.257 e. The van der Waals surface area contributed by atoms with Gasteiger partial charge in [0.2, 0.25) is 0 Å². The summed E-state index contributed by atoms with van der Waals surface area (Å²) in [5, 5.41) is 0. The number of nitrogens with zero attached hydrogens (tertiary/aromatic N) is 1. The summed E-state index contributed by atoms with van der Waals surface area (Å²) in [6.07, 6.45) is 1.96. The van der Waals surface area contributed by atoms with E-state index in [2.05, 4.69) is 0 Å². The van der Waals surface area contributed by atoms with E-state index in [9.17, 15) is 9.18 Å². The average molecular weight is 280 g/mol. The highest BCUT2D eigenvalue weighted by molar-refractivity contribution is 5.97. The van der Waals surface area contributed by atoms with E-state index in [1.165, 1.54) is 25.3 Å². The Hall–Kier alpha value is -1.62. The van der Waals surface area contributed by atoms with Crippen molar-refractivity contribution in [3.63, 3.8) is 0 Å². The predicted molar refractivity (Wildman–Crippen MR) is 75.2 cm³/mol. The fraction of sp³-hybridized carbons (Fsp3) is 0.533. The lowest BCUT2D eigenvalue weighted by Gasteiger charge is -2.34. The molecule has 1 amide bonds. The third-order valence-electron chi connectivity index (χ3n) is 3.88. The van der Waals surface area contributed by atoms with Crippen molar-refractivity contribution in [3.05, 3.63) is 29.6 Å². The number of halogens is 1. The van der Waals surface area contributed by atoms with Crippen molar-refractivity contribution < 1.29 is 13.9 Å². The fourth-order valence-corrected chi connectivity index (χ4v) is 2.64. The summed E-state index contributed by atoms with van der Waals surface area (Å²) in [4.78, 5) is 14.3. The molecule has 1 aliphatic rings. The number of carbonyl (C=O) groups excluding carboxylic acids is 1. The third kappa shape index (κ3) is 3.10. The quantitative estimate of drug-likeness (QED) is 0.921. The largest absolute Gasteiger partial charge is 0.496 e. The lowest BCUT2D eigenvalue weighted by Crippen LogP contribution is -2.45. The Kier molecular flexibility index (Phi) is 4.60. The van der Waals surface area contributed by atoms with Gasteiger partial charge < -0.3 is 15.4 Å². The van der Waals surface area contributed by atoms with E-state index in [-0.39, 0.29) is 17.5 Å². The van der Waals surface area contributed by atoms with Gasteiger partial charge in [-0.1, -0.05) is 0 Å². The molecule has 1 aromatic carbocycles. The molecule has 1 heterocycles. The van der Waals surface area contributed by atoms with E-state index in [4.69, 9.17) is 10.5 Å². The second kappa shape index (κ2) is 6.22. The number of benzene rings is 1. The van der Waals surface area contributed by atoms with E-state index in [0.717, 1.165) is 12.8 Å². The van der Waals surface area contributed by atoms with Gasteiger partial charge in [0.1, 0.15) is 11.6 Å². The van der Waals surface area contributed by atoms with Crippen LogP contribution in [-0.2, 0) is 0 Å². The molecule has 0 aliphatic carbocycles. The highest BCUT2D eigenvalue weighted by Crippen LogP contribution is 2.25. The number of methoxy groups -OCH3 is 1. The molecule has 0 radical (unpaired) electrons. The lowest BCUT2D eigenvalue weighted by molar-refractivity contribution is 0.0657. The van der Waals surface area contributed by atoms with Crippen molar-refractivity contribution in [2.24, 2.45) is 11.7 Å². The molecule has 20 heavy (non-hydrogen) atoms. The Bertz CT molecular complexity index is 491. The summed E-state index contributed by atoms with van der Waals surface area (Å²) in [5.41, 5.74) is 6.20. The number of amides is 1. The zero-order chi connectivity index (χ0) is 14.7. The minimum absolute atomic E-state index is 0.0556. The molecule has 0 saturated carbocycles. The summed E-state index contributed by atoms with van der Waals surface area (Å²) in [5.74, 6) is 0.0770. The number of ether oxygens (including phenoxy) is 1. The Labute approximate surface area is 118 Å². The van der Waals surface area contributed by atoms with Crippen LogP contribution in [0, 0.1) is 11.7 Å². The number of rotatable bonds is 3. The Morgan fingerprint density at radius 3 is 2.95 bits per heavy atom. The molecule has 1 fully saturated rings. The molecule has 2 N–H and O–H groups in total. The molecule has 0 unspecified atom stereocenters. The van der Waals surface area contributed by atoms with Crippen molar-refractivity contribution in [1.29, 1.82) is 0 Å². The van der Waals surface area contributed by atoms with Crippen molar-refractivity contribution in [1.82, 2.24) is 4.90 Å². The summed E-state index contributed by atoms with van der Waals surface area (Å²) < 4.78 is 18.5. The molecule has 1 saturated heterocycles. The van der Waals surface area contributed by atoms with Gasteiger partial charge in [-0.25, -0.2) is 4.39 Å². The summed E-state index contributed by atoms with van der Waals surface area (Å²) in [7, 11) is 1.48. The molecular weight excluding hydrogens is 259 g/mol. The van der Waals surface area contributed by atoms with Crippen LogP contribution in [-0.4, -0.2) is 37.0 Å². The second-order valence-corrected chi connectivity index (χ2v) is 5.36. The monoisotopic (exact) mass is 280 g/mol. The van der Waals surface area contributed by atoms with Crippen LogP contribution in [0.15, 0.2) is 18.2 Å². The number of likely N-dealkylation sites (tertiary alicyclic amines) is 1. The first kappa shape index (κ1) is 14.8. The molecule has 5 heteroatoms. The lowest BCUT2D eigenvalue weighted by atomic mass is 9.92. The molecule has 2 atom stereocenters. The molecule has 4 nitrogen and oxygen atoms in total. The molecule has 0 aromatic heterocycles. The highest BCUT2D eigenvalue weighted by Gasteiger charge is 2.28. The van der Waals surface area contributed by atoms with Crippen LogP contribution >= 0.6 is 0 Å². The predicted octanol–water partition coefficient (Wildman–Crippen LogP) is 2.03. The van der Waals surface area contributed by atoms with Gasteiger partial charge in [0, 0.05) is 19.1 Å². The van der Waals surface area contributed by atoms with Crippen LogP contribution in [0.3, 0.4) is 0 Å². The van der Waals surface area contributed by atoms with Crippen LogP contribution in [0.1, 0.15) is 30.1 Å². The molecule has 2 rings (SSSR count). The minimum atomic E-state index is -0.435. The number of hydrogen-bond acceptors (Lipinski definition) is 3. The normalized spacial score (nSPS) is 20.6. The van der Waals surface area contributed by atoms with Gasteiger partial charge in [-0.15, -0.1) is 0 Å². The van der Waals surface area contributed by atoms with Crippen molar-refractivity contribution in [2.75, 3.05) is 20.2 Å². The van der Waals surface area contributed by atoms with Crippen molar-refractivity contribution >= 4 is 5.91 Å². The van der Waals surface area contributed by atoms with Crippen molar-refractivity contribution in [3.8, 4) is 5.75 Å². The van der Waals surface area contributed by atoms with Gasteiger partial charge in [0.25, 0.3) is 5.91 Å². The Morgan fingerprint density at radius 2 is 2.30 bits per heavy atom. The average Bonchev–Trinajstić information content (AvgIpc) is 2.46.